The van der Waals surface area contributed by atoms with Crippen molar-refractivity contribution < 1.29 is 9.53 Å². The number of carbonyl (C=O) groups excluding carboxylic acids is 1. The van der Waals surface area contributed by atoms with E-state index in [1.54, 1.807) is 0 Å². The van der Waals surface area contributed by atoms with Gasteiger partial charge in [0.1, 0.15) is 0 Å². The summed E-state index contributed by atoms with van der Waals surface area (Å²) in [6, 6.07) is 0. The van der Waals surface area contributed by atoms with Crippen LogP contribution < -0.4 is 5.32 Å². The summed E-state index contributed by atoms with van der Waals surface area (Å²) in [6.07, 6.45) is 2.12. The summed E-state index contributed by atoms with van der Waals surface area (Å²) in [4.78, 5) is 16.4. The van der Waals surface area contributed by atoms with E-state index in [9.17, 15) is 4.79 Å². The van der Waals surface area contributed by atoms with Crippen molar-refractivity contribution in [3.8, 4) is 0 Å². The van der Waals surface area contributed by atoms with Crippen LogP contribution in [0.1, 0.15) is 26.7 Å². The van der Waals surface area contributed by atoms with E-state index in [0.29, 0.717) is 24.3 Å². The highest BCUT2D eigenvalue weighted by molar-refractivity contribution is 5.85. The Balaban J connectivity index is 0.00000220. The normalized spacial score (nSPS) is 23.4. The molecule has 0 spiro atoms. The SMILES string of the molecule is CC(C)COC1CCN(CCC(=O)N2CCNCC2)C1.Cl. The van der Waals surface area contributed by atoms with Crippen LogP contribution in [0.2, 0.25) is 0 Å². The first-order valence-electron chi connectivity index (χ1n) is 7.97. The fourth-order valence-corrected chi connectivity index (χ4v) is 2.79. The van der Waals surface area contributed by atoms with Gasteiger partial charge in [-0.15, -0.1) is 12.4 Å². The quantitative estimate of drug-likeness (QED) is 0.792. The third kappa shape index (κ3) is 6.51. The van der Waals surface area contributed by atoms with Crippen LogP contribution in [0.15, 0.2) is 0 Å². The molecule has 0 radical (unpaired) electrons. The maximum absolute atomic E-state index is 12.1. The van der Waals surface area contributed by atoms with E-state index in [0.717, 1.165) is 58.8 Å². The van der Waals surface area contributed by atoms with Crippen LogP contribution in [0.5, 0.6) is 0 Å². The number of nitrogens with one attached hydrogen (secondary N) is 1. The smallest absolute Gasteiger partial charge is 0.223 e. The molecule has 2 rings (SSSR count). The number of carbonyl (C=O) groups is 1. The van der Waals surface area contributed by atoms with E-state index in [1.807, 2.05) is 4.90 Å². The highest BCUT2D eigenvalue weighted by Crippen LogP contribution is 2.14. The summed E-state index contributed by atoms with van der Waals surface area (Å²) in [6.45, 7) is 11.7. The molecule has 0 aromatic carbocycles. The molecule has 0 aromatic heterocycles. The molecule has 5 nitrogen and oxygen atoms in total. The number of nitrogens with zero attached hydrogens (tertiary/aromatic N) is 2. The lowest BCUT2D eigenvalue weighted by Gasteiger charge is -2.28. The molecule has 124 valence electrons. The van der Waals surface area contributed by atoms with Crippen LogP contribution >= 0.6 is 12.4 Å². The second kappa shape index (κ2) is 9.62. The van der Waals surface area contributed by atoms with Crippen molar-refractivity contribution in [3.63, 3.8) is 0 Å². The minimum atomic E-state index is 0. The lowest BCUT2D eigenvalue weighted by Crippen LogP contribution is -2.47. The zero-order valence-corrected chi connectivity index (χ0v) is 14.2. The second-order valence-electron chi connectivity index (χ2n) is 6.32. The summed E-state index contributed by atoms with van der Waals surface area (Å²) in [5.41, 5.74) is 0. The predicted molar refractivity (Wildman–Crippen MR) is 86.9 cm³/mol. The number of halogens is 1. The number of piperazine rings is 1. The third-order valence-corrected chi connectivity index (χ3v) is 4.01. The average molecular weight is 320 g/mol. The molecule has 2 saturated heterocycles. The maximum Gasteiger partial charge on any atom is 0.223 e. The van der Waals surface area contributed by atoms with Gasteiger partial charge in [0.15, 0.2) is 0 Å². The number of likely N-dealkylation sites (tertiary alicyclic amines) is 1. The molecule has 21 heavy (non-hydrogen) atoms. The van der Waals surface area contributed by atoms with Crippen LogP contribution in [-0.4, -0.2) is 74.2 Å². The highest BCUT2D eigenvalue weighted by Gasteiger charge is 2.24. The molecular weight excluding hydrogens is 290 g/mol. The molecule has 0 bridgehead atoms. The van der Waals surface area contributed by atoms with Gasteiger partial charge in [0, 0.05) is 58.8 Å². The topological polar surface area (TPSA) is 44.8 Å². The van der Waals surface area contributed by atoms with Crippen LogP contribution in [0.3, 0.4) is 0 Å². The molecule has 0 saturated carbocycles. The summed E-state index contributed by atoms with van der Waals surface area (Å²) < 4.78 is 5.87. The van der Waals surface area contributed by atoms with Crippen molar-refractivity contribution in [1.82, 2.24) is 15.1 Å². The van der Waals surface area contributed by atoms with Gasteiger partial charge < -0.3 is 19.9 Å². The van der Waals surface area contributed by atoms with Crippen LogP contribution in [-0.2, 0) is 9.53 Å². The fourth-order valence-electron chi connectivity index (χ4n) is 2.79. The van der Waals surface area contributed by atoms with E-state index in [1.165, 1.54) is 0 Å². The van der Waals surface area contributed by atoms with Gasteiger partial charge in [-0.3, -0.25) is 4.79 Å². The Morgan fingerprint density at radius 2 is 2.00 bits per heavy atom. The molecule has 2 aliphatic rings. The molecule has 1 unspecified atom stereocenters. The third-order valence-electron chi connectivity index (χ3n) is 4.01. The molecular formula is C15H30ClN3O2. The zero-order chi connectivity index (χ0) is 14.4. The first kappa shape index (κ1) is 18.7. The van der Waals surface area contributed by atoms with E-state index in [-0.39, 0.29) is 12.4 Å². The Morgan fingerprint density at radius 3 is 2.67 bits per heavy atom. The molecule has 6 heteroatoms. The van der Waals surface area contributed by atoms with E-state index in [2.05, 4.69) is 24.1 Å². The molecule has 2 heterocycles. The summed E-state index contributed by atoms with van der Waals surface area (Å²) in [7, 11) is 0. The van der Waals surface area contributed by atoms with Gasteiger partial charge in [0.2, 0.25) is 5.91 Å². The number of hydrogen-bond donors (Lipinski definition) is 1. The van der Waals surface area contributed by atoms with Gasteiger partial charge in [0.05, 0.1) is 6.10 Å². The Kier molecular flexibility index (Phi) is 8.56. The van der Waals surface area contributed by atoms with Crippen LogP contribution in [0.4, 0.5) is 0 Å². The number of ether oxygens (including phenoxy) is 1. The molecule has 1 amide bonds. The molecule has 2 fully saturated rings. The average Bonchev–Trinajstić information content (AvgIpc) is 2.91. The van der Waals surface area contributed by atoms with Gasteiger partial charge in [-0.1, -0.05) is 13.8 Å². The predicted octanol–water partition coefficient (Wildman–Crippen LogP) is 0.977. The second-order valence-corrected chi connectivity index (χ2v) is 6.32. The van der Waals surface area contributed by atoms with Gasteiger partial charge in [-0.25, -0.2) is 0 Å². The largest absolute Gasteiger partial charge is 0.377 e. The zero-order valence-electron chi connectivity index (χ0n) is 13.3. The van der Waals surface area contributed by atoms with Crippen molar-refractivity contribution in [1.29, 1.82) is 0 Å². The lowest BCUT2D eigenvalue weighted by atomic mass is 10.2. The van der Waals surface area contributed by atoms with Gasteiger partial charge in [-0.05, 0) is 12.3 Å². The summed E-state index contributed by atoms with van der Waals surface area (Å²) in [5.74, 6) is 0.899. The lowest BCUT2D eigenvalue weighted by molar-refractivity contribution is -0.132. The number of amides is 1. The van der Waals surface area contributed by atoms with Crippen molar-refractivity contribution in [2.45, 2.75) is 32.8 Å². The standard InChI is InChI=1S/C15H29N3O2.ClH/c1-13(2)12-20-14-3-7-17(11-14)8-4-15(19)18-9-5-16-6-10-18;/h13-14,16H,3-12H2,1-2H3;1H. The van der Waals surface area contributed by atoms with Gasteiger partial charge in [0.25, 0.3) is 0 Å². The van der Waals surface area contributed by atoms with E-state index < -0.39 is 0 Å². The minimum absolute atomic E-state index is 0. The van der Waals surface area contributed by atoms with E-state index in [4.69, 9.17) is 4.74 Å². The number of hydrogen-bond acceptors (Lipinski definition) is 4. The van der Waals surface area contributed by atoms with Crippen LogP contribution in [0.25, 0.3) is 0 Å². The molecule has 2 aliphatic heterocycles. The van der Waals surface area contributed by atoms with Crippen LogP contribution in [0, 0.1) is 5.92 Å². The van der Waals surface area contributed by atoms with Crippen molar-refractivity contribution in [2.24, 2.45) is 5.92 Å². The molecule has 1 atom stereocenters. The molecule has 1 N–H and O–H groups in total. The Hall–Kier alpha value is -0.360. The maximum atomic E-state index is 12.1. The van der Waals surface area contributed by atoms with Gasteiger partial charge in [-0.2, -0.15) is 0 Å². The summed E-state index contributed by atoms with van der Waals surface area (Å²) >= 11 is 0. The molecule has 0 aliphatic carbocycles. The Morgan fingerprint density at radius 1 is 1.29 bits per heavy atom. The van der Waals surface area contributed by atoms with Crippen molar-refractivity contribution in [3.05, 3.63) is 0 Å². The number of rotatable bonds is 6. The van der Waals surface area contributed by atoms with Gasteiger partial charge >= 0.3 is 0 Å². The minimum Gasteiger partial charge on any atom is -0.377 e. The first-order valence-corrected chi connectivity index (χ1v) is 7.97. The highest BCUT2D eigenvalue weighted by atomic mass is 35.5. The summed E-state index contributed by atoms with van der Waals surface area (Å²) in [5, 5.41) is 3.27. The molecule has 0 aromatic rings. The Bertz CT molecular complexity index is 309. The van der Waals surface area contributed by atoms with Crippen molar-refractivity contribution in [2.75, 3.05) is 52.4 Å². The van der Waals surface area contributed by atoms with Crippen molar-refractivity contribution >= 4 is 18.3 Å². The van der Waals surface area contributed by atoms with E-state index >= 15 is 0 Å². The monoisotopic (exact) mass is 319 g/mol. The fraction of sp³-hybridized carbons (Fsp3) is 0.933. The Labute approximate surface area is 134 Å². The first-order chi connectivity index (χ1) is 9.65.